The number of nitrogens with one attached hydrogen (secondary N) is 1. The number of amides is 2. The minimum absolute atomic E-state index is 0.125. The van der Waals surface area contributed by atoms with E-state index in [1.165, 1.54) is 4.90 Å². The van der Waals surface area contributed by atoms with Gasteiger partial charge in [-0.05, 0) is 18.2 Å². The average Bonchev–Trinajstić information content (AvgIpc) is 2.50. The zero-order valence-electron chi connectivity index (χ0n) is 13.3. The van der Waals surface area contributed by atoms with Gasteiger partial charge in [-0.3, -0.25) is 9.59 Å². The van der Waals surface area contributed by atoms with Crippen molar-refractivity contribution < 1.29 is 19.1 Å². The van der Waals surface area contributed by atoms with Crippen molar-refractivity contribution in [2.24, 2.45) is 0 Å². The van der Waals surface area contributed by atoms with Gasteiger partial charge in [-0.1, -0.05) is 6.07 Å². The van der Waals surface area contributed by atoms with Gasteiger partial charge >= 0.3 is 5.97 Å². The van der Waals surface area contributed by atoms with Crippen LogP contribution < -0.4 is 10.2 Å². The van der Waals surface area contributed by atoms with Crippen LogP contribution in [0.1, 0.15) is 10.4 Å². The van der Waals surface area contributed by atoms with Crippen LogP contribution in [0.2, 0.25) is 0 Å². The Morgan fingerprint density at radius 2 is 1.82 bits per heavy atom. The number of benzene rings is 1. The van der Waals surface area contributed by atoms with Crippen LogP contribution in [-0.4, -0.2) is 64.0 Å². The minimum Gasteiger partial charge on any atom is -0.452 e. The van der Waals surface area contributed by atoms with E-state index in [-0.39, 0.29) is 12.5 Å². The Bertz CT molecular complexity index is 555. The lowest BCUT2D eigenvalue weighted by Crippen LogP contribution is -2.38. The molecular weight excluding hydrogens is 286 g/mol. The minimum atomic E-state index is -0.585. The highest BCUT2D eigenvalue weighted by molar-refractivity contribution is 5.92. The largest absolute Gasteiger partial charge is 0.452 e. The van der Waals surface area contributed by atoms with Crippen LogP contribution in [0.5, 0.6) is 0 Å². The summed E-state index contributed by atoms with van der Waals surface area (Å²) in [5.74, 6) is -1.34. The van der Waals surface area contributed by atoms with Gasteiger partial charge in [0.1, 0.15) is 0 Å². The molecule has 0 saturated heterocycles. The lowest BCUT2D eigenvalue weighted by molar-refractivity contribution is -0.131. The molecule has 0 radical (unpaired) electrons. The molecule has 1 aromatic rings. The predicted octanol–water partition coefficient (Wildman–Crippen LogP) is 0.114. The first-order valence-corrected chi connectivity index (χ1v) is 6.72. The van der Waals surface area contributed by atoms with Crippen molar-refractivity contribution in [2.75, 3.05) is 46.2 Å². The molecular formula is C15H21N3O4. The molecule has 0 aromatic heterocycles. The molecule has 0 unspecified atom stereocenters. The molecule has 0 heterocycles. The third-order valence-electron chi connectivity index (χ3n) is 2.87. The molecule has 0 saturated carbocycles. The second kappa shape index (κ2) is 8.02. The van der Waals surface area contributed by atoms with Gasteiger partial charge in [0.25, 0.3) is 5.91 Å². The number of rotatable bonds is 6. The van der Waals surface area contributed by atoms with E-state index in [0.29, 0.717) is 5.56 Å². The summed E-state index contributed by atoms with van der Waals surface area (Å²) < 4.78 is 4.92. The number of likely N-dealkylation sites (N-methyl/N-ethyl adjacent to an activating group) is 1. The van der Waals surface area contributed by atoms with Crippen LogP contribution >= 0.6 is 0 Å². The summed E-state index contributed by atoms with van der Waals surface area (Å²) in [7, 11) is 6.90. The van der Waals surface area contributed by atoms with Gasteiger partial charge in [0.15, 0.2) is 6.61 Å². The smallest absolute Gasteiger partial charge is 0.338 e. The van der Waals surface area contributed by atoms with Gasteiger partial charge in [0.2, 0.25) is 5.91 Å². The number of hydrogen-bond donors (Lipinski definition) is 1. The molecule has 1 rings (SSSR count). The molecule has 0 atom stereocenters. The fourth-order valence-corrected chi connectivity index (χ4v) is 1.51. The number of ether oxygens (including phenoxy) is 1. The maximum atomic E-state index is 11.9. The Morgan fingerprint density at radius 1 is 1.14 bits per heavy atom. The monoisotopic (exact) mass is 307 g/mol. The number of hydrogen-bond acceptors (Lipinski definition) is 5. The zero-order valence-corrected chi connectivity index (χ0v) is 13.3. The summed E-state index contributed by atoms with van der Waals surface area (Å²) in [6, 6.07) is 6.89. The molecule has 0 aliphatic rings. The van der Waals surface area contributed by atoms with E-state index >= 15 is 0 Å². The van der Waals surface area contributed by atoms with Crippen LogP contribution in [0, 0.1) is 0 Å². The van der Waals surface area contributed by atoms with Crippen molar-refractivity contribution in [3.05, 3.63) is 29.8 Å². The molecule has 120 valence electrons. The molecule has 0 aliphatic heterocycles. The molecule has 0 bridgehead atoms. The number of nitrogens with zero attached hydrogens (tertiary/aromatic N) is 2. The van der Waals surface area contributed by atoms with Crippen molar-refractivity contribution in [1.29, 1.82) is 0 Å². The summed E-state index contributed by atoms with van der Waals surface area (Å²) >= 11 is 0. The lowest BCUT2D eigenvalue weighted by atomic mass is 10.2. The topological polar surface area (TPSA) is 79.0 Å². The summed E-state index contributed by atoms with van der Waals surface area (Å²) in [4.78, 5) is 37.9. The SMILES string of the molecule is CN(C)C(=O)CNC(=O)COC(=O)c1cccc(N(C)C)c1. The number of carbonyl (C=O) groups is 3. The number of anilines is 1. The first-order valence-electron chi connectivity index (χ1n) is 6.72. The fourth-order valence-electron chi connectivity index (χ4n) is 1.51. The van der Waals surface area contributed by atoms with E-state index < -0.39 is 18.5 Å². The normalized spacial score (nSPS) is 9.82. The van der Waals surface area contributed by atoms with Gasteiger partial charge in [-0.2, -0.15) is 0 Å². The summed E-state index contributed by atoms with van der Waals surface area (Å²) in [6.07, 6.45) is 0. The van der Waals surface area contributed by atoms with Gasteiger partial charge in [0, 0.05) is 33.9 Å². The fraction of sp³-hybridized carbons (Fsp3) is 0.400. The first-order chi connectivity index (χ1) is 10.3. The molecule has 0 spiro atoms. The van der Waals surface area contributed by atoms with Crippen LogP contribution in [0.15, 0.2) is 24.3 Å². The molecule has 2 amide bonds. The van der Waals surface area contributed by atoms with Gasteiger partial charge in [0.05, 0.1) is 12.1 Å². The molecule has 22 heavy (non-hydrogen) atoms. The highest BCUT2D eigenvalue weighted by atomic mass is 16.5. The third-order valence-corrected chi connectivity index (χ3v) is 2.87. The number of esters is 1. The Kier molecular flexibility index (Phi) is 6.37. The zero-order chi connectivity index (χ0) is 16.7. The quantitative estimate of drug-likeness (QED) is 0.755. The van der Waals surface area contributed by atoms with E-state index in [4.69, 9.17) is 4.74 Å². The Labute approximate surface area is 129 Å². The Hall–Kier alpha value is -2.57. The first kappa shape index (κ1) is 17.5. The molecule has 1 aromatic carbocycles. The third kappa shape index (κ3) is 5.43. The molecule has 7 nitrogen and oxygen atoms in total. The maximum Gasteiger partial charge on any atom is 0.338 e. The van der Waals surface area contributed by atoms with Gasteiger partial charge < -0.3 is 19.9 Å². The van der Waals surface area contributed by atoms with Crippen molar-refractivity contribution in [1.82, 2.24) is 10.2 Å². The summed E-state index contributed by atoms with van der Waals surface area (Å²) in [5.41, 5.74) is 1.22. The van der Waals surface area contributed by atoms with Crippen molar-refractivity contribution >= 4 is 23.5 Å². The van der Waals surface area contributed by atoms with Gasteiger partial charge in [-0.15, -0.1) is 0 Å². The summed E-state index contributed by atoms with van der Waals surface area (Å²) in [5, 5.41) is 2.38. The molecule has 1 N–H and O–H groups in total. The Morgan fingerprint density at radius 3 is 2.41 bits per heavy atom. The van der Waals surface area contributed by atoms with Crippen molar-refractivity contribution in [3.63, 3.8) is 0 Å². The van der Waals surface area contributed by atoms with Crippen LogP contribution in [0.3, 0.4) is 0 Å². The maximum absolute atomic E-state index is 11.9. The second-order valence-electron chi connectivity index (χ2n) is 5.09. The highest BCUT2D eigenvalue weighted by Crippen LogP contribution is 2.14. The van der Waals surface area contributed by atoms with E-state index in [1.807, 2.05) is 25.1 Å². The van der Waals surface area contributed by atoms with E-state index in [2.05, 4.69) is 5.32 Å². The average molecular weight is 307 g/mol. The van der Waals surface area contributed by atoms with Crippen LogP contribution in [-0.2, 0) is 14.3 Å². The lowest BCUT2D eigenvalue weighted by Gasteiger charge is -2.13. The second-order valence-corrected chi connectivity index (χ2v) is 5.09. The van der Waals surface area contributed by atoms with E-state index in [1.54, 1.807) is 32.3 Å². The highest BCUT2D eigenvalue weighted by Gasteiger charge is 2.12. The van der Waals surface area contributed by atoms with E-state index in [9.17, 15) is 14.4 Å². The van der Waals surface area contributed by atoms with Crippen molar-refractivity contribution in [2.45, 2.75) is 0 Å². The van der Waals surface area contributed by atoms with Crippen LogP contribution in [0.4, 0.5) is 5.69 Å². The predicted molar refractivity (Wildman–Crippen MR) is 82.8 cm³/mol. The number of carbonyl (C=O) groups excluding carboxylic acids is 3. The summed E-state index contributed by atoms with van der Waals surface area (Å²) in [6.45, 7) is -0.550. The molecule has 7 heteroatoms. The van der Waals surface area contributed by atoms with Crippen LogP contribution in [0.25, 0.3) is 0 Å². The standard InChI is InChI=1S/C15H21N3O4/c1-17(2)12-7-5-6-11(8-12)15(21)22-10-13(19)16-9-14(20)18(3)4/h5-8H,9-10H2,1-4H3,(H,16,19). The van der Waals surface area contributed by atoms with E-state index in [0.717, 1.165) is 5.69 Å². The molecule has 0 fully saturated rings. The Balaban J connectivity index is 2.47. The molecule has 0 aliphatic carbocycles. The van der Waals surface area contributed by atoms with Crippen molar-refractivity contribution in [3.8, 4) is 0 Å². The van der Waals surface area contributed by atoms with Gasteiger partial charge in [-0.25, -0.2) is 4.79 Å².